The molecule has 1 amide bonds. The Bertz CT molecular complexity index is 1260. The molecule has 0 saturated carbocycles. The van der Waals surface area contributed by atoms with Crippen LogP contribution in [0, 0.1) is 0 Å². The van der Waals surface area contributed by atoms with Crippen molar-refractivity contribution in [1.82, 2.24) is 19.4 Å². The van der Waals surface area contributed by atoms with Crippen molar-refractivity contribution in [3.63, 3.8) is 0 Å². The number of para-hydroxylation sites is 1. The van der Waals surface area contributed by atoms with Gasteiger partial charge in [-0.1, -0.05) is 50.2 Å². The van der Waals surface area contributed by atoms with Crippen LogP contribution in [0.15, 0.2) is 47.8 Å². The van der Waals surface area contributed by atoms with Gasteiger partial charge in [0.25, 0.3) is 0 Å². The number of hydrogen-bond acceptors (Lipinski definition) is 5. The number of carbonyl (C=O) groups excluding carboxylic acids is 1. The zero-order valence-electron chi connectivity index (χ0n) is 19.2. The van der Waals surface area contributed by atoms with Crippen molar-refractivity contribution in [2.75, 3.05) is 24.5 Å². The number of hydrogen-bond donors (Lipinski definition) is 0. The van der Waals surface area contributed by atoms with E-state index in [1.165, 1.54) is 6.08 Å². The fourth-order valence-corrected chi connectivity index (χ4v) is 4.73. The predicted octanol–water partition coefficient (Wildman–Crippen LogP) is 3.78. The minimum absolute atomic E-state index is 0.0293. The van der Waals surface area contributed by atoms with Crippen LogP contribution in [0.3, 0.4) is 0 Å². The Morgan fingerprint density at radius 3 is 2.45 bits per heavy atom. The van der Waals surface area contributed by atoms with Crippen molar-refractivity contribution in [1.29, 1.82) is 0 Å². The van der Waals surface area contributed by atoms with Gasteiger partial charge in [0.15, 0.2) is 5.65 Å². The molecule has 1 fully saturated rings. The summed E-state index contributed by atoms with van der Waals surface area (Å²) in [6.45, 7) is 11.4. The van der Waals surface area contributed by atoms with Gasteiger partial charge < -0.3 is 9.80 Å². The number of aryl methyl sites for hydroxylation is 2. The lowest BCUT2D eigenvalue weighted by molar-refractivity contribution is -0.126. The Kier molecular flexibility index (Phi) is 6.51. The van der Waals surface area contributed by atoms with E-state index in [-0.39, 0.29) is 17.6 Å². The average Bonchev–Trinajstić information content (AvgIpc) is 2.82. The summed E-state index contributed by atoms with van der Waals surface area (Å²) in [5.41, 5.74) is 3.04. The molecule has 1 saturated heterocycles. The van der Waals surface area contributed by atoms with Crippen LogP contribution in [0.2, 0.25) is 5.15 Å². The third kappa shape index (κ3) is 4.13. The number of nitrogens with zero attached hydrogens (tertiary/aromatic N) is 5. The maximum Gasteiger partial charge on any atom is 0.355 e. The number of amides is 1. The van der Waals surface area contributed by atoms with Gasteiger partial charge in [0.05, 0.1) is 11.1 Å². The van der Waals surface area contributed by atoms with Gasteiger partial charge in [-0.15, -0.1) is 0 Å². The van der Waals surface area contributed by atoms with Crippen LogP contribution in [-0.4, -0.2) is 51.0 Å². The van der Waals surface area contributed by atoms with Gasteiger partial charge in [0, 0.05) is 25.7 Å². The van der Waals surface area contributed by atoms with Crippen LogP contribution in [0.1, 0.15) is 31.9 Å². The maximum atomic E-state index is 13.5. The topological polar surface area (TPSA) is 71.3 Å². The molecule has 7 nitrogen and oxygen atoms in total. The molecule has 0 N–H and O–H groups in total. The van der Waals surface area contributed by atoms with E-state index in [9.17, 15) is 9.59 Å². The first-order valence-corrected chi connectivity index (χ1v) is 11.7. The molecular formula is C25H28ClN5O2. The molecule has 0 bridgehead atoms. The highest BCUT2D eigenvalue weighted by Crippen LogP contribution is 2.30. The summed E-state index contributed by atoms with van der Waals surface area (Å²) in [5.74, 6) is 0.479. The molecule has 172 valence electrons. The second kappa shape index (κ2) is 9.35. The first-order valence-electron chi connectivity index (χ1n) is 11.3. The fourth-order valence-electron chi connectivity index (χ4n) is 4.59. The van der Waals surface area contributed by atoms with Crippen molar-refractivity contribution in [3.05, 3.63) is 69.8 Å². The Hall–Kier alpha value is -3.19. The molecule has 1 aliphatic heterocycles. The summed E-state index contributed by atoms with van der Waals surface area (Å²) in [7, 11) is 0. The second-order valence-corrected chi connectivity index (χ2v) is 8.61. The van der Waals surface area contributed by atoms with Crippen molar-refractivity contribution in [2.24, 2.45) is 0 Å². The Labute approximate surface area is 198 Å². The van der Waals surface area contributed by atoms with Crippen LogP contribution in [-0.2, 0) is 17.6 Å². The highest BCUT2D eigenvalue weighted by Gasteiger charge is 2.29. The van der Waals surface area contributed by atoms with E-state index < -0.39 is 0 Å². The zero-order valence-corrected chi connectivity index (χ0v) is 20.0. The minimum atomic E-state index is -0.389. The number of benzene rings is 1. The summed E-state index contributed by atoms with van der Waals surface area (Å²) in [4.78, 5) is 38.6. The lowest BCUT2D eigenvalue weighted by atomic mass is 10.0. The second-order valence-electron chi connectivity index (χ2n) is 8.22. The van der Waals surface area contributed by atoms with E-state index in [2.05, 4.69) is 35.3 Å². The van der Waals surface area contributed by atoms with Crippen LogP contribution >= 0.6 is 11.6 Å². The zero-order chi connectivity index (χ0) is 23.7. The number of fused-ring (bicyclic) bond motifs is 1. The highest BCUT2D eigenvalue weighted by atomic mass is 35.5. The Balaban J connectivity index is 1.92. The van der Waals surface area contributed by atoms with E-state index in [4.69, 9.17) is 11.6 Å². The smallest absolute Gasteiger partial charge is 0.350 e. The predicted molar refractivity (Wildman–Crippen MR) is 132 cm³/mol. The van der Waals surface area contributed by atoms with Crippen molar-refractivity contribution in [2.45, 2.75) is 39.7 Å². The highest BCUT2D eigenvalue weighted by molar-refractivity contribution is 6.29. The Morgan fingerprint density at radius 1 is 1.15 bits per heavy atom. The van der Waals surface area contributed by atoms with Gasteiger partial charge in [-0.25, -0.2) is 14.3 Å². The molecule has 0 spiro atoms. The van der Waals surface area contributed by atoms with E-state index in [1.54, 1.807) is 15.5 Å². The molecule has 0 radical (unpaired) electrons. The first kappa shape index (κ1) is 23.0. The van der Waals surface area contributed by atoms with E-state index in [1.807, 2.05) is 31.2 Å². The number of carbonyl (C=O) groups is 1. The molecule has 3 heterocycles. The molecule has 4 rings (SSSR count). The van der Waals surface area contributed by atoms with Crippen molar-refractivity contribution >= 4 is 34.4 Å². The van der Waals surface area contributed by atoms with Crippen LogP contribution in [0.4, 0.5) is 5.82 Å². The fraction of sp³-hybridized carbons (Fsp3) is 0.360. The minimum Gasteiger partial charge on any atom is -0.350 e. The maximum absolute atomic E-state index is 13.5. The molecule has 8 heteroatoms. The number of aromatic nitrogens is 3. The van der Waals surface area contributed by atoms with Crippen LogP contribution in [0.25, 0.3) is 16.7 Å². The van der Waals surface area contributed by atoms with Crippen LogP contribution < -0.4 is 10.6 Å². The standard InChI is InChI=1S/C25H28ClN5O2/c1-5-17-9-8-10-18(6-2)22(17)31-24-19(11-12-20(26)27-24)23(28-25(31)33)30-14-13-29(15-16(30)4)21(32)7-3/h7-12,16H,3,5-6,13-15H2,1-2,4H3/t16-/m0/s1. The van der Waals surface area contributed by atoms with Crippen LogP contribution in [0.5, 0.6) is 0 Å². The first-order chi connectivity index (χ1) is 15.9. The molecule has 1 aromatic carbocycles. The van der Waals surface area contributed by atoms with Crippen molar-refractivity contribution < 1.29 is 4.79 Å². The van der Waals surface area contributed by atoms with Gasteiger partial charge in [-0.05, 0) is 49.1 Å². The van der Waals surface area contributed by atoms with E-state index in [0.717, 1.165) is 35.0 Å². The molecule has 2 aromatic heterocycles. The SMILES string of the molecule is C=CC(=O)N1CCN(c2nc(=O)n(-c3c(CC)cccc3CC)c3nc(Cl)ccc23)[C@@H](C)C1. The third-order valence-corrected chi connectivity index (χ3v) is 6.47. The van der Waals surface area contributed by atoms with Crippen molar-refractivity contribution in [3.8, 4) is 5.69 Å². The van der Waals surface area contributed by atoms with Gasteiger partial charge in [0.2, 0.25) is 5.91 Å². The average molecular weight is 466 g/mol. The lowest BCUT2D eigenvalue weighted by Gasteiger charge is -2.40. The molecule has 3 aromatic rings. The molecular weight excluding hydrogens is 438 g/mol. The normalized spacial score (nSPS) is 16.3. The molecule has 1 aliphatic rings. The molecule has 1 atom stereocenters. The largest absolute Gasteiger partial charge is 0.355 e. The summed E-state index contributed by atoms with van der Waals surface area (Å²) in [6.07, 6.45) is 2.88. The summed E-state index contributed by atoms with van der Waals surface area (Å²) in [5, 5.41) is 1.07. The van der Waals surface area contributed by atoms with Gasteiger partial charge in [-0.2, -0.15) is 4.98 Å². The summed E-state index contributed by atoms with van der Waals surface area (Å²) < 4.78 is 1.60. The third-order valence-electron chi connectivity index (χ3n) is 6.26. The number of pyridine rings is 1. The number of rotatable bonds is 5. The monoisotopic (exact) mass is 465 g/mol. The van der Waals surface area contributed by atoms with E-state index >= 15 is 0 Å². The number of halogens is 1. The summed E-state index contributed by atoms with van der Waals surface area (Å²) in [6, 6.07) is 9.64. The van der Waals surface area contributed by atoms with E-state index in [0.29, 0.717) is 36.3 Å². The molecule has 0 aliphatic carbocycles. The van der Waals surface area contributed by atoms with Gasteiger partial charge in [-0.3, -0.25) is 4.79 Å². The lowest BCUT2D eigenvalue weighted by Crippen LogP contribution is -2.54. The summed E-state index contributed by atoms with van der Waals surface area (Å²) >= 11 is 6.30. The quantitative estimate of drug-likeness (QED) is 0.423. The van der Waals surface area contributed by atoms with Gasteiger partial charge >= 0.3 is 5.69 Å². The number of anilines is 1. The van der Waals surface area contributed by atoms with Gasteiger partial charge in [0.1, 0.15) is 11.0 Å². The number of piperazine rings is 1. The molecule has 33 heavy (non-hydrogen) atoms. The Morgan fingerprint density at radius 2 is 1.85 bits per heavy atom. The molecule has 0 unspecified atom stereocenters.